The lowest BCUT2D eigenvalue weighted by molar-refractivity contribution is -0.201. The molecule has 1 unspecified atom stereocenters. The van der Waals surface area contributed by atoms with Gasteiger partial charge in [0.15, 0.2) is 0 Å². The quantitative estimate of drug-likeness (QED) is 0.0682. The highest BCUT2D eigenvalue weighted by molar-refractivity contribution is 8.00. The lowest BCUT2D eigenvalue weighted by Crippen LogP contribution is -2.37. The number of likely N-dealkylation sites (tertiary alicyclic amines) is 1. The molecular formula is C46H61N7O12S. The molecule has 2 aliphatic heterocycles. The van der Waals surface area contributed by atoms with Crippen molar-refractivity contribution >= 4 is 76.7 Å². The molecule has 1 atom stereocenters. The van der Waals surface area contributed by atoms with Crippen LogP contribution in [0.25, 0.3) is 0 Å². The lowest BCUT2D eigenvalue weighted by atomic mass is 9.82. The first kappa shape index (κ1) is 48.6. The van der Waals surface area contributed by atoms with Crippen molar-refractivity contribution in [1.82, 2.24) is 25.6 Å². The molecule has 20 heteroatoms. The summed E-state index contributed by atoms with van der Waals surface area (Å²) in [4.78, 5) is 122. The molecule has 0 bridgehead atoms. The number of aromatic nitrogens is 1. The van der Waals surface area contributed by atoms with Gasteiger partial charge in [0, 0.05) is 80.3 Å². The van der Waals surface area contributed by atoms with Gasteiger partial charge in [0.1, 0.15) is 13.2 Å². The van der Waals surface area contributed by atoms with Gasteiger partial charge in [0.25, 0.3) is 17.7 Å². The Bertz CT molecular complexity index is 2240. The Morgan fingerprint density at radius 2 is 1.48 bits per heavy atom. The highest BCUT2D eigenvalue weighted by atomic mass is 32.2. The molecule has 6 rings (SSSR count). The van der Waals surface area contributed by atoms with Crippen LogP contribution in [0, 0.1) is 11.8 Å². The second-order valence-electron chi connectivity index (χ2n) is 16.0. The zero-order chi connectivity index (χ0) is 46.8. The Hall–Kier alpha value is -6.83. The molecule has 66 heavy (non-hydrogen) atoms. The number of carbonyl (C=O) groups excluding carboxylic acids is 9. The van der Waals surface area contributed by atoms with Crippen LogP contribution in [0.2, 0.25) is 0 Å². The van der Waals surface area contributed by atoms with E-state index in [1.54, 1.807) is 73.1 Å². The Balaban J connectivity index is 0.00000420. The van der Waals surface area contributed by atoms with E-state index < -0.39 is 47.0 Å². The van der Waals surface area contributed by atoms with Crippen molar-refractivity contribution in [3.8, 4) is 0 Å². The van der Waals surface area contributed by atoms with Crippen molar-refractivity contribution in [3.05, 3.63) is 89.7 Å². The Kier molecular flexibility index (Phi) is 18.0. The van der Waals surface area contributed by atoms with Crippen LogP contribution in [-0.4, -0.2) is 99.2 Å². The number of ether oxygens (including phenoxy) is 2. The fourth-order valence-corrected chi connectivity index (χ4v) is 8.51. The number of carbonyl (C=O) groups is 9. The summed E-state index contributed by atoms with van der Waals surface area (Å²) in [6.07, 6.45) is 6.62. The number of rotatable bonds is 21. The number of unbranched alkanes of at least 4 members (excludes halogenated alkanes) is 2. The van der Waals surface area contributed by atoms with Crippen LogP contribution < -0.4 is 21.3 Å². The fourth-order valence-electron chi connectivity index (χ4n) is 7.52. The van der Waals surface area contributed by atoms with E-state index >= 15 is 0 Å². The number of alkyl carbamates (subject to hydrolysis) is 1. The van der Waals surface area contributed by atoms with Crippen LogP contribution in [-0.2, 0) is 56.2 Å². The summed E-state index contributed by atoms with van der Waals surface area (Å²) in [5.74, 6) is -2.57. The average Bonchev–Trinajstić information content (AvgIpc) is 3.79. The van der Waals surface area contributed by atoms with Crippen molar-refractivity contribution in [2.75, 3.05) is 36.1 Å². The molecule has 3 fully saturated rings. The number of anilines is 2. The summed E-state index contributed by atoms with van der Waals surface area (Å²) < 4.78 is 10.5. The molecule has 358 valence electrons. The van der Waals surface area contributed by atoms with Crippen molar-refractivity contribution in [2.24, 2.45) is 11.8 Å². The molecule has 0 spiro atoms. The molecule has 1 saturated carbocycles. The molecule has 0 radical (unpaired) electrons. The van der Waals surface area contributed by atoms with Gasteiger partial charge < -0.3 is 30.3 Å². The molecule has 1 aromatic heterocycles. The standard InChI is InChI=1S/C46H53N7O12S.4H2/c54-38(48-27-30-13-17-34(18-14-30)44(60)65-53-39(55)19-20-40(53)56)10-2-1-5-22-52-41(57)25-37(43(52)59)66-24-23-63-46(62)51-36-9-4-3-8-35(36)50-42(58)33-15-11-31(12-16-33)28-49-45(61)64-29-32-7-6-21-47-26-32;;;;/h3-4,6-9,11-12,15-16,21,26,30,34,37H,1-2,5,10,13-14,17-20,22-25,27-29H2,(H,48,54)(H,49,61)(H,50,58)(H,51,62);4*1H. The van der Waals surface area contributed by atoms with E-state index in [0.29, 0.717) is 79.9 Å². The van der Waals surface area contributed by atoms with Crippen LogP contribution in [0.1, 0.15) is 97.8 Å². The average molecular weight is 936 g/mol. The molecular weight excluding hydrogens is 875 g/mol. The highest BCUT2D eigenvalue weighted by Crippen LogP contribution is 2.30. The van der Waals surface area contributed by atoms with E-state index in [4.69, 9.17) is 14.3 Å². The minimum atomic E-state index is -0.767. The van der Waals surface area contributed by atoms with Crippen LogP contribution in [0.4, 0.5) is 21.0 Å². The fraction of sp³-hybridized carbons (Fsp3) is 0.435. The predicted octanol–water partition coefficient (Wildman–Crippen LogP) is 6.24. The second-order valence-corrected chi connectivity index (χ2v) is 17.3. The molecule has 2 aromatic carbocycles. The third-order valence-corrected chi connectivity index (χ3v) is 12.4. The number of hydrogen-bond donors (Lipinski definition) is 4. The third kappa shape index (κ3) is 14.6. The van der Waals surface area contributed by atoms with Crippen molar-refractivity contribution in [2.45, 2.75) is 89.0 Å². The zero-order valence-electron chi connectivity index (χ0n) is 36.3. The number of benzene rings is 2. The minimum absolute atomic E-state index is 0. The van der Waals surface area contributed by atoms with Crippen molar-refractivity contribution in [1.29, 1.82) is 0 Å². The van der Waals surface area contributed by atoms with Crippen LogP contribution >= 0.6 is 11.8 Å². The van der Waals surface area contributed by atoms with Gasteiger partial charge in [-0.15, -0.1) is 16.8 Å². The number of thioether (sulfide) groups is 1. The number of nitrogens with zero attached hydrogens (tertiary/aromatic N) is 3. The smallest absolute Gasteiger partial charge is 0.411 e. The predicted molar refractivity (Wildman–Crippen MR) is 247 cm³/mol. The van der Waals surface area contributed by atoms with Crippen LogP contribution in [0.15, 0.2) is 73.1 Å². The van der Waals surface area contributed by atoms with Gasteiger partial charge >= 0.3 is 18.2 Å². The summed E-state index contributed by atoms with van der Waals surface area (Å²) in [6, 6.07) is 16.8. The molecule has 2 saturated heterocycles. The van der Waals surface area contributed by atoms with E-state index in [9.17, 15) is 43.2 Å². The van der Waals surface area contributed by atoms with Gasteiger partial charge in [-0.05, 0) is 80.3 Å². The summed E-state index contributed by atoms with van der Waals surface area (Å²) in [7, 11) is 0. The van der Waals surface area contributed by atoms with E-state index in [1.807, 2.05) is 0 Å². The largest absolute Gasteiger partial charge is 0.448 e. The molecule has 8 amide bonds. The highest BCUT2D eigenvalue weighted by Gasteiger charge is 2.39. The summed E-state index contributed by atoms with van der Waals surface area (Å²) in [6.45, 7) is 0.984. The molecule has 3 heterocycles. The number of pyridine rings is 1. The monoisotopic (exact) mass is 935 g/mol. The number of nitrogens with one attached hydrogen (secondary N) is 4. The van der Waals surface area contributed by atoms with E-state index in [2.05, 4.69) is 26.3 Å². The molecule has 3 aliphatic rings. The lowest BCUT2D eigenvalue weighted by Gasteiger charge is -2.28. The van der Waals surface area contributed by atoms with Crippen LogP contribution in [0.5, 0.6) is 0 Å². The van der Waals surface area contributed by atoms with Crippen molar-refractivity contribution < 1.29 is 63.2 Å². The maximum Gasteiger partial charge on any atom is 0.411 e. The summed E-state index contributed by atoms with van der Waals surface area (Å²) in [5, 5.41) is 11.0. The summed E-state index contributed by atoms with van der Waals surface area (Å²) >= 11 is 1.23. The SMILES string of the molecule is O=C(CCCCCN1C(=O)CC(SCCOC(=O)Nc2ccccc2NC(=O)c2ccc(CNC(=O)OCc3cccnc3)cc2)C1=O)NCC1CCC(C(=O)ON2C(=O)CCC2=O)CC1.[HH].[HH].[HH].[HH]. The van der Waals surface area contributed by atoms with Crippen molar-refractivity contribution in [3.63, 3.8) is 0 Å². The maximum absolute atomic E-state index is 13.1. The Morgan fingerprint density at radius 1 is 0.758 bits per heavy atom. The zero-order valence-corrected chi connectivity index (χ0v) is 37.1. The van der Waals surface area contributed by atoms with Gasteiger partial charge in [-0.2, -0.15) is 0 Å². The number of hydrogen-bond acceptors (Lipinski definition) is 14. The second kappa shape index (κ2) is 24.5. The van der Waals surface area contributed by atoms with Crippen LogP contribution in [0.3, 0.4) is 0 Å². The molecule has 3 aromatic rings. The van der Waals surface area contributed by atoms with Gasteiger partial charge in [-0.3, -0.25) is 44.0 Å². The number of amides is 8. The Morgan fingerprint density at radius 3 is 2.20 bits per heavy atom. The minimum Gasteiger partial charge on any atom is -0.448 e. The normalized spacial score (nSPS) is 18.2. The van der Waals surface area contributed by atoms with E-state index in [0.717, 1.165) is 11.1 Å². The molecule has 1 aliphatic carbocycles. The first-order valence-corrected chi connectivity index (χ1v) is 23.0. The van der Waals surface area contributed by atoms with E-state index in [1.165, 1.54) is 16.7 Å². The molecule has 4 N–H and O–H groups in total. The van der Waals surface area contributed by atoms with Gasteiger partial charge in [-0.1, -0.05) is 36.8 Å². The van der Waals surface area contributed by atoms with Gasteiger partial charge in [0.2, 0.25) is 17.7 Å². The number of para-hydroxylation sites is 2. The van der Waals surface area contributed by atoms with E-state index in [-0.39, 0.29) is 80.7 Å². The Labute approximate surface area is 391 Å². The first-order chi connectivity index (χ1) is 31.9. The topological polar surface area (TPSA) is 249 Å². The number of hydroxylamine groups is 2. The molecule has 19 nitrogen and oxygen atoms in total. The summed E-state index contributed by atoms with van der Waals surface area (Å²) in [5.41, 5.74) is 2.49. The van der Waals surface area contributed by atoms with Gasteiger partial charge in [0.05, 0.1) is 22.5 Å². The first-order valence-electron chi connectivity index (χ1n) is 22.0. The third-order valence-electron chi connectivity index (χ3n) is 11.2. The maximum atomic E-state index is 13.1. The number of imide groups is 2. The van der Waals surface area contributed by atoms with Gasteiger partial charge in [-0.25, -0.2) is 14.4 Å².